The van der Waals surface area contributed by atoms with Crippen LogP contribution in [0.4, 0.5) is 9.59 Å². The number of hydrogen-bond acceptors (Lipinski definition) is 12. The van der Waals surface area contributed by atoms with Crippen LogP contribution in [0.15, 0.2) is 121 Å². The van der Waals surface area contributed by atoms with Crippen molar-refractivity contribution in [1.82, 2.24) is 9.80 Å². The van der Waals surface area contributed by atoms with E-state index >= 15 is 0 Å². The Bertz CT molecular complexity index is 2420. The second kappa shape index (κ2) is 30.5. The number of rotatable bonds is 17. The van der Waals surface area contributed by atoms with Crippen LogP contribution >= 0.6 is 0 Å². The van der Waals surface area contributed by atoms with Gasteiger partial charge in [-0.3, -0.25) is 9.80 Å². The molecule has 74 heavy (non-hydrogen) atoms. The lowest BCUT2D eigenvalue weighted by atomic mass is 9.87. The Kier molecular flexibility index (Phi) is 14.0. The van der Waals surface area contributed by atoms with Gasteiger partial charge in [0.15, 0.2) is 6.10 Å². The zero-order valence-electron chi connectivity index (χ0n) is 97.4. The van der Waals surface area contributed by atoms with Gasteiger partial charge in [-0.2, -0.15) is 0 Å². The first-order valence-electron chi connectivity index (χ1n) is 50.4. The summed E-state index contributed by atoms with van der Waals surface area (Å²) in [5.41, 5.74) is 1.62. The van der Waals surface area contributed by atoms with Crippen LogP contribution in [0, 0.1) is 10.8 Å². The third kappa shape index (κ3) is 27.4. The summed E-state index contributed by atoms with van der Waals surface area (Å²) in [7, 11) is 2.96. The van der Waals surface area contributed by atoms with E-state index in [2.05, 4.69) is 0 Å². The van der Waals surface area contributed by atoms with E-state index in [1.54, 1.807) is 41.5 Å². The molecule has 4 rings (SSSR count). The fourth-order valence-corrected chi connectivity index (χ4v) is 6.64. The number of amides is 2. The molecule has 0 aromatic heterocycles. The van der Waals surface area contributed by atoms with Gasteiger partial charge in [-0.15, -0.1) is 0 Å². The number of likely N-dealkylation sites (N-methyl/N-ethyl adjacent to an activating group) is 2. The molecule has 0 fully saturated rings. The normalized spacial score (nSPS) is 15.7. The van der Waals surface area contributed by atoms with Gasteiger partial charge in [0.25, 0.3) is 0 Å². The molecule has 15 nitrogen and oxygen atoms in total. The maximum atomic E-state index is 13.4. The molecule has 2 amide bonds. The second-order valence-corrected chi connectivity index (χ2v) is 22.1. The summed E-state index contributed by atoms with van der Waals surface area (Å²) in [6.07, 6.45) is -2.42. The van der Waals surface area contributed by atoms with E-state index in [1.807, 2.05) is 163 Å². The Balaban J connectivity index is -0.0000000402. The van der Waals surface area contributed by atoms with E-state index in [-0.39, 0.29) is 44.3 Å². The lowest BCUT2D eigenvalue weighted by molar-refractivity contribution is -0.172. The van der Waals surface area contributed by atoms with Crippen molar-refractivity contribution in [2.75, 3.05) is 14.1 Å². The average Bonchev–Trinajstić information content (AvgIpc) is 0.835. The zero-order valence-corrected chi connectivity index (χ0v) is 45.4. The molecule has 0 heterocycles. The minimum atomic E-state index is -1.17. The zero-order chi connectivity index (χ0) is 107. The van der Waals surface area contributed by atoms with E-state index < -0.39 is 71.6 Å². The average molecular weight is 1130 g/mol. The molecular formula is C59H136N2O13. The molecule has 0 aliphatic carbocycles. The Morgan fingerprint density at radius 3 is 1.18 bits per heavy atom. The van der Waals surface area contributed by atoms with Crippen molar-refractivity contribution in [2.24, 2.45) is 10.8 Å². The summed E-state index contributed by atoms with van der Waals surface area (Å²) in [5, 5.41) is 19.0. The summed E-state index contributed by atoms with van der Waals surface area (Å²) in [6, 6.07) is 35.5. The fourth-order valence-electron chi connectivity index (χ4n) is 6.64. The van der Waals surface area contributed by atoms with Crippen molar-refractivity contribution in [3.63, 3.8) is 0 Å². The smallest absolute Gasteiger partial charge is 0.410 e. The monoisotopic (exact) mass is 1130 g/mol. The first kappa shape index (κ1) is 34.0. The second-order valence-electron chi connectivity index (χ2n) is 22.1. The SMILES string of the molecule is C.CN(C(=O)OC(C)(C)C)[C@@H](CC(C)(C)C)C(=O)O.CN(C(=O)OC(C)(C)C)[C@@H](CC(C)(C)C)C(=O)O[C@H](Cc1ccccc1)C(=O)OCc1ccccc1.O=C(OCc1ccccc1)[C@H](O)Cc1ccccc1.[2H][2H].[2H][2H].[2H][2H].[2H][2H].[2H][2H].[2H][2H].[2H][2H].[2H][2H].[2H][2H].[2H][2H].[2H][2H].[2H][2H].[2H][2H].[2H][2H].[2H][2H].[2H][2H].[2H][2H].[2H][2H].[2H][2H].[2H][2H].[2H][2H].[2H][2H].[2H][2H].[2H][2H].[2H][2H].[2H][2H]. The first-order valence-corrected chi connectivity index (χ1v) is 24.4. The minimum absolute atomic E-state index is 0. The molecular weight excluding hydrogens is 945 g/mol. The van der Waals surface area contributed by atoms with Gasteiger partial charge < -0.3 is 33.9 Å². The molecule has 0 saturated carbocycles. The number of aliphatic hydroxyl groups is 1. The molecule has 0 spiro atoms. The highest BCUT2D eigenvalue weighted by atomic mass is 16.6. The number of aliphatic hydroxyl groups excluding tert-OH is 1. The van der Waals surface area contributed by atoms with Crippen molar-refractivity contribution in [3.05, 3.63) is 144 Å². The molecule has 4 atom stereocenters. The Morgan fingerprint density at radius 2 is 0.824 bits per heavy atom. The van der Waals surface area contributed by atoms with Crippen molar-refractivity contribution in [2.45, 2.75) is 165 Å². The van der Waals surface area contributed by atoms with Crippen LogP contribution in [0.1, 0.15) is 203 Å². The van der Waals surface area contributed by atoms with Gasteiger partial charge in [-0.05, 0) is 87.5 Å². The standard InChI is InChI=1S/C29H39NO6.C16H16O3.C13H25NO4.CH4.26H2/c1-28(2,3)19-23(30(7)27(33)36-29(4,5)6)25(31)35-24(18-21-14-10-8-11-15-21)26(32)34-20-22-16-12-9-13-17-22;17-15(11-13-7-3-1-4-8-13)16(18)19-12-14-9-5-2-6-10-14;1-12(2,3)8-9(10(15)16)14(7)11(17)18-13(4,5)6;;;;;;;;;;;;;;;;;;;;;;;;;;;/h8-17,23-24H,18-20H2,1-7H3;1-10,15,17H,11-12H2;9H,8H2,1-7H3,(H,15,16);1H4;26*1H/t23-,24+;15-;9-;;;;;;;;;;;;;;;;;;;;;;;;;;;/m010.........................../s1/i;;;;26*1+1D. The van der Waals surface area contributed by atoms with E-state index in [0.717, 1.165) is 27.2 Å². The van der Waals surface area contributed by atoms with Crippen LogP contribution < -0.4 is 0 Å². The van der Waals surface area contributed by atoms with Crippen molar-refractivity contribution >= 4 is 36.1 Å². The highest BCUT2D eigenvalue weighted by Gasteiger charge is 2.38. The van der Waals surface area contributed by atoms with Crippen LogP contribution in [0.25, 0.3) is 0 Å². The maximum absolute atomic E-state index is 13.4. The van der Waals surface area contributed by atoms with Crippen molar-refractivity contribution in [3.8, 4) is 0 Å². The Morgan fingerprint density at radius 1 is 0.500 bits per heavy atom. The number of esters is 3. The van der Waals surface area contributed by atoms with Gasteiger partial charge in [0, 0.05) is 104 Å². The molecule has 0 bridgehead atoms. The molecule has 0 saturated heterocycles. The molecule has 15 heteroatoms. The number of nitrogens with zero attached hydrogens (tertiary/aromatic N) is 2. The van der Waals surface area contributed by atoms with Crippen LogP contribution in [-0.4, -0.2) is 106 Å². The summed E-state index contributed by atoms with van der Waals surface area (Å²) >= 11 is 0. The van der Waals surface area contributed by atoms with Crippen LogP contribution in [0.5, 0.6) is 0 Å². The highest BCUT2D eigenvalue weighted by molar-refractivity contribution is 5.85. The Labute approximate surface area is 520 Å². The predicted molar refractivity (Wildman–Crippen MR) is 342 cm³/mol. The topological polar surface area (TPSA) is 196 Å². The maximum Gasteiger partial charge on any atom is 0.410 e. The lowest BCUT2D eigenvalue weighted by Crippen LogP contribution is -2.48. The number of hydrogen-bond donors (Lipinski definition) is 2. The van der Waals surface area contributed by atoms with Crippen molar-refractivity contribution in [1.29, 1.82) is 0 Å². The van der Waals surface area contributed by atoms with Crippen molar-refractivity contribution < 1.29 is 140 Å². The van der Waals surface area contributed by atoms with Gasteiger partial charge >= 0.3 is 36.1 Å². The van der Waals surface area contributed by atoms with Gasteiger partial charge in [0.2, 0.25) is 6.10 Å². The van der Waals surface area contributed by atoms with Crippen LogP contribution in [0.3, 0.4) is 0 Å². The highest BCUT2D eigenvalue weighted by Crippen LogP contribution is 2.27. The molecule has 0 radical (unpaired) electrons. The third-order valence-corrected chi connectivity index (χ3v) is 10.2. The number of carboxylic acids is 1. The van der Waals surface area contributed by atoms with E-state index in [4.69, 9.17) is 101 Å². The number of carboxylic acid groups (broad SMARTS) is 1. The Hall–Kier alpha value is -6.74. The largest absolute Gasteiger partial charge is 0.480 e. The van der Waals surface area contributed by atoms with Gasteiger partial charge in [-0.1, -0.05) is 170 Å². The summed E-state index contributed by atoms with van der Waals surface area (Å²) in [4.78, 5) is 76.4. The lowest BCUT2D eigenvalue weighted by Gasteiger charge is -2.33. The third-order valence-electron chi connectivity index (χ3n) is 10.2. The van der Waals surface area contributed by atoms with Gasteiger partial charge in [-0.25, -0.2) is 28.8 Å². The molecule has 0 aliphatic heterocycles. The summed E-state index contributed by atoms with van der Waals surface area (Å²) in [6.45, 7) is 22.5. The van der Waals surface area contributed by atoms with E-state index in [0.29, 0.717) is 12.8 Å². The number of carbonyl (C=O) groups excluding carboxylic acids is 5. The molecule has 0 unspecified atom stereocenters. The number of benzene rings is 4. The molecule has 0 aliphatic rings. The molecule has 4 aromatic carbocycles. The quantitative estimate of drug-likeness (QED) is 0.0749. The summed E-state index contributed by atoms with van der Waals surface area (Å²) in [5.74, 6) is -2.94. The number of aliphatic carboxylic acids is 1. The minimum Gasteiger partial charge on any atom is -0.480 e. The fraction of sp³-hybridized carbons (Fsp3) is 0.492. The van der Waals surface area contributed by atoms with E-state index in [9.17, 15) is 39.0 Å². The number of ether oxygens (including phenoxy) is 5. The van der Waals surface area contributed by atoms with Crippen LogP contribution in [0.2, 0.25) is 0 Å². The van der Waals surface area contributed by atoms with E-state index in [1.165, 1.54) is 19.0 Å². The first-order chi connectivity index (χ1) is 59.8. The van der Waals surface area contributed by atoms with Gasteiger partial charge in [0.1, 0.15) is 36.5 Å². The predicted octanol–water partition coefficient (Wildman–Crippen LogP) is 17.7. The molecule has 4 aromatic rings. The van der Waals surface area contributed by atoms with Gasteiger partial charge in [0.05, 0.1) is 0 Å². The summed E-state index contributed by atoms with van der Waals surface area (Å²) < 4.78 is 287. The van der Waals surface area contributed by atoms with Crippen LogP contribution in [-0.2, 0) is 68.9 Å². The number of carbonyl (C=O) groups is 6. The molecule has 2 N–H and O–H groups in total. The molecule has 460 valence electrons.